The third kappa shape index (κ3) is 5.83. The first-order chi connectivity index (χ1) is 15.8. The van der Waals surface area contributed by atoms with Crippen LogP contribution in [0.3, 0.4) is 0 Å². The Morgan fingerprint density at radius 2 is 1.91 bits per heavy atom. The molecule has 2 fully saturated rings. The zero-order chi connectivity index (χ0) is 23.4. The number of piperazine rings is 1. The summed E-state index contributed by atoms with van der Waals surface area (Å²) >= 11 is 0. The third-order valence-corrected chi connectivity index (χ3v) is 6.83. The predicted molar refractivity (Wildman–Crippen MR) is 130 cm³/mol. The van der Waals surface area contributed by atoms with Gasteiger partial charge in [-0.15, -0.1) is 0 Å². The first-order valence-electron chi connectivity index (χ1n) is 12.2. The quantitative estimate of drug-likeness (QED) is 0.672. The number of methoxy groups -OCH3 is 1. The number of piperidine rings is 1. The highest BCUT2D eigenvalue weighted by atomic mass is 16.5. The lowest BCUT2D eigenvalue weighted by Gasteiger charge is -2.41. The Balaban J connectivity index is 1.54. The Kier molecular flexibility index (Phi) is 7.51. The SMILES string of the molecule is COc1cnc2cccc(C(CN3CCN(C4CCNCC4)CC3)OC(=O)C(C)(C)C)c2c1. The molecule has 0 saturated carbocycles. The Morgan fingerprint density at radius 1 is 1.18 bits per heavy atom. The van der Waals surface area contributed by atoms with E-state index >= 15 is 0 Å². The molecule has 0 bridgehead atoms. The smallest absolute Gasteiger partial charge is 0.311 e. The fraction of sp³-hybridized carbons (Fsp3) is 0.615. The molecule has 2 aliphatic heterocycles. The number of rotatable bonds is 6. The minimum Gasteiger partial charge on any atom is -0.495 e. The van der Waals surface area contributed by atoms with Crippen LogP contribution in [-0.2, 0) is 9.53 Å². The van der Waals surface area contributed by atoms with Gasteiger partial charge in [-0.05, 0) is 58.8 Å². The summed E-state index contributed by atoms with van der Waals surface area (Å²) in [5, 5.41) is 4.43. The van der Waals surface area contributed by atoms with E-state index in [1.54, 1.807) is 13.3 Å². The summed E-state index contributed by atoms with van der Waals surface area (Å²) < 4.78 is 11.6. The maximum Gasteiger partial charge on any atom is 0.311 e. The normalized spacial score (nSPS) is 20.0. The van der Waals surface area contributed by atoms with Gasteiger partial charge in [-0.1, -0.05) is 12.1 Å². The van der Waals surface area contributed by atoms with E-state index in [4.69, 9.17) is 9.47 Å². The van der Waals surface area contributed by atoms with Crippen LogP contribution in [-0.4, -0.2) is 79.7 Å². The number of carbonyl (C=O) groups excluding carboxylic acids is 1. The summed E-state index contributed by atoms with van der Waals surface area (Å²) in [6.45, 7) is 12.7. The summed E-state index contributed by atoms with van der Waals surface area (Å²) in [7, 11) is 1.64. The second-order valence-corrected chi connectivity index (χ2v) is 10.3. The Hall–Kier alpha value is -2.22. The highest BCUT2D eigenvalue weighted by Gasteiger charge is 2.31. The van der Waals surface area contributed by atoms with Crippen LogP contribution in [0.25, 0.3) is 10.9 Å². The molecule has 180 valence electrons. The van der Waals surface area contributed by atoms with Crippen molar-refractivity contribution in [3.05, 3.63) is 36.0 Å². The third-order valence-electron chi connectivity index (χ3n) is 6.83. The highest BCUT2D eigenvalue weighted by molar-refractivity contribution is 5.84. The molecule has 3 heterocycles. The Morgan fingerprint density at radius 3 is 2.58 bits per heavy atom. The van der Waals surface area contributed by atoms with Gasteiger partial charge in [0.25, 0.3) is 0 Å². The molecule has 1 unspecified atom stereocenters. The lowest BCUT2D eigenvalue weighted by molar-refractivity contribution is -0.160. The molecule has 7 nitrogen and oxygen atoms in total. The van der Waals surface area contributed by atoms with Gasteiger partial charge < -0.3 is 14.8 Å². The zero-order valence-electron chi connectivity index (χ0n) is 20.5. The summed E-state index contributed by atoms with van der Waals surface area (Å²) in [5.41, 5.74) is 1.30. The summed E-state index contributed by atoms with van der Waals surface area (Å²) in [6.07, 6.45) is 3.83. The van der Waals surface area contributed by atoms with E-state index in [1.165, 1.54) is 12.8 Å². The molecule has 0 spiro atoms. The molecule has 1 aromatic heterocycles. The maximum atomic E-state index is 12.9. The van der Waals surface area contributed by atoms with E-state index in [1.807, 2.05) is 39.0 Å². The van der Waals surface area contributed by atoms with Crippen molar-refractivity contribution >= 4 is 16.9 Å². The van der Waals surface area contributed by atoms with Crippen molar-refractivity contribution in [3.63, 3.8) is 0 Å². The number of esters is 1. The van der Waals surface area contributed by atoms with E-state index in [-0.39, 0.29) is 12.1 Å². The van der Waals surface area contributed by atoms with Gasteiger partial charge in [0, 0.05) is 49.7 Å². The van der Waals surface area contributed by atoms with Crippen molar-refractivity contribution in [2.24, 2.45) is 5.41 Å². The van der Waals surface area contributed by atoms with E-state index in [0.717, 1.165) is 55.7 Å². The van der Waals surface area contributed by atoms with Crippen molar-refractivity contribution in [3.8, 4) is 5.75 Å². The number of carbonyl (C=O) groups is 1. The van der Waals surface area contributed by atoms with Crippen molar-refractivity contribution < 1.29 is 14.3 Å². The minimum absolute atomic E-state index is 0.186. The van der Waals surface area contributed by atoms with Crippen LogP contribution in [0.5, 0.6) is 5.75 Å². The van der Waals surface area contributed by atoms with Crippen LogP contribution in [0.2, 0.25) is 0 Å². The first-order valence-corrected chi connectivity index (χ1v) is 12.2. The molecule has 7 heteroatoms. The van der Waals surface area contributed by atoms with Gasteiger partial charge in [-0.3, -0.25) is 19.6 Å². The van der Waals surface area contributed by atoms with Crippen LogP contribution in [0.15, 0.2) is 30.5 Å². The molecule has 2 aromatic rings. The highest BCUT2D eigenvalue weighted by Crippen LogP contribution is 2.31. The van der Waals surface area contributed by atoms with Crippen LogP contribution in [0.1, 0.15) is 45.3 Å². The van der Waals surface area contributed by atoms with Gasteiger partial charge in [0.15, 0.2) is 0 Å². The van der Waals surface area contributed by atoms with Crippen molar-refractivity contribution in [2.75, 3.05) is 52.9 Å². The van der Waals surface area contributed by atoms with E-state index in [0.29, 0.717) is 18.3 Å². The molecule has 1 aromatic carbocycles. The van der Waals surface area contributed by atoms with Crippen LogP contribution >= 0.6 is 0 Å². The molecule has 0 aliphatic carbocycles. The van der Waals surface area contributed by atoms with Gasteiger partial charge in [0.1, 0.15) is 11.9 Å². The van der Waals surface area contributed by atoms with E-state index < -0.39 is 5.41 Å². The second kappa shape index (κ2) is 10.4. The van der Waals surface area contributed by atoms with Gasteiger partial charge >= 0.3 is 5.97 Å². The fourth-order valence-electron chi connectivity index (χ4n) is 4.77. The largest absolute Gasteiger partial charge is 0.495 e. The van der Waals surface area contributed by atoms with Crippen LogP contribution in [0, 0.1) is 5.41 Å². The number of pyridine rings is 1. The molecular formula is C26H38N4O3. The zero-order valence-corrected chi connectivity index (χ0v) is 20.5. The van der Waals surface area contributed by atoms with Gasteiger partial charge in [-0.2, -0.15) is 0 Å². The molecule has 33 heavy (non-hydrogen) atoms. The number of benzene rings is 1. The Labute approximate surface area is 197 Å². The fourth-order valence-corrected chi connectivity index (χ4v) is 4.77. The maximum absolute atomic E-state index is 12.9. The topological polar surface area (TPSA) is 66.9 Å². The number of hydrogen-bond acceptors (Lipinski definition) is 7. The van der Waals surface area contributed by atoms with Gasteiger partial charge in [-0.25, -0.2) is 0 Å². The molecule has 1 N–H and O–H groups in total. The molecule has 2 saturated heterocycles. The number of fused-ring (bicyclic) bond motifs is 1. The van der Waals surface area contributed by atoms with Crippen LogP contribution < -0.4 is 10.1 Å². The van der Waals surface area contributed by atoms with Gasteiger partial charge in [0.2, 0.25) is 0 Å². The number of aromatic nitrogens is 1. The van der Waals surface area contributed by atoms with Crippen molar-refractivity contribution in [2.45, 2.75) is 45.8 Å². The lowest BCUT2D eigenvalue weighted by Crippen LogP contribution is -2.53. The average Bonchev–Trinajstić information content (AvgIpc) is 2.83. The number of hydrogen-bond donors (Lipinski definition) is 1. The summed E-state index contributed by atoms with van der Waals surface area (Å²) in [4.78, 5) is 22.5. The average molecular weight is 455 g/mol. The van der Waals surface area contributed by atoms with Gasteiger partial charge in [0.05, 0.1) is 24.2 Å². The molecular weight excluding hydrogens is 416 g/mol. The Bertz CT molecular complexity index is 944. The summed E-state index contributed by atoms with van der Waals surface area (Å²) in [6, 6.07) is 8.71. The molecule has 0 amide bonds. The minimum atomic E-state index is -0.563. The number of nitrogens with zero attached hydrogens (tertiary/aromatic N) is 3. The standard InChI is InChI=1S/C26H38N4O3/c1-26(2,3)25(31)33-24(21-6-5-7-23-22(21)16-20(32-4)17-28-23)18-29-12-14-30(15-13-29)19-8-10-27-11-9-19/h5-7,16-17,19,24,27H,8-15,18H2,1-4H3. The molecule has 0 radical (unpaired) electrons. The van der Waals surface area contributed by atoms with Crippen molar-refractivity contribution in [1.29, 1.82) is 0 Å². The number of ether oxygens (including phenoxy) is 2. The number of nitrogens with one attached hydrogen (secondary N) is 1. The monoisotopic (exact) mass is 454 g/mol. The second-order valence-electron chi connectivity index (χ2n) is 10.3. The van der Waals surface area contributed by atoms with E-state index in [2.05, 4.69) is 26.2 Å². The van der Waals surface area contributed by atoms with E-state index in [9.17, 15) is 4.79 Å². The first kappa shape index (κ1) is 23.9. The molecule has 1 atom stereocenters. The van der Waals surface area contributed by atoms with Crippen LogP contribution in [0.4, 0.5) is 0 Å². The summed E-state index contributed by atoms with van der Waals surface area (Å²) in [5.74, 6) is 0.514. The predicted octanol–water partition coefficient (Wildman–Crippen LogP) is 3.24. The molecule has 2 aliphatic rings. The molecule has 4 rings (SSSR count). The van der Waals surface area contributed by atoms with Crippen molar-refractivity contribution in [1.82, 2.24) is 20.1 Å². The lowest BCUT2D eigenvalue weighted by atomic mass is 9.96.